The van der Waals surface area contributed by atoms with Crippen LogP contribution in [0.2, 0.25) is 0 Å². The van der Waals surface area contributed by atoms with Gasteiger partial charge in [0.1, 0.15) is 0 Å². The fourth-order valence-corrected chi connectivity index (χ4v) is 3.46. The number of sulfonamides is 1. The van der Waals surface area contributed by atoms with Gasteiger partial charge in [-0.1, -0.05) is 12.1 Å². The zero-order chi connectivity index (χ0) is 17.7. The summed E-state index contributed by atoms with van der Waals surface area (Å²) in [5.74, 6) is 0. The zero-order valence-electron chi connectivity index (χ0n) is 14.0. The molecule has 0 heterocycles. The number of benzene rings is 2. The van der Waals surface area contributed by atoms with E-state index < -0.39 is 10.0 Å². The maximum Gasteiger partial charge on any atom is 0.243 e. The Bertz CT molecular complexity index is 820. The molecule has 0 atom stereocenters. The summed E-state index contributed by atoms with van der Waals surface area (Å²) in [6.07, 6.45) is 0. The summed E-state index contributed by atoms with van der Waals surface area (Å²) in [6, 6.07) is 16.0. The minimum atomic E-state index is -3.45. The highest BCUT2D eigenvalue weighted by molar-refractivity contribution is 7.89. The zero-order valence-corrected chi connectivity index (χ0v) is 14.8. The van der Waals surface area contributed by atoms with E-state index >= 15 is 0 Å². The Morgan fingerprint density at radius 2 is 1.67 bits per heavy atom. The summed E-state index contributed by atoms with van der Waals surface area (Å²) in [6.45, 7) is 4.28. The topological polar surface area (TPSA) is 73.2 Å². The van der Waals surface area contributed by atoms with Gasteiger partial charge in [-0.3, -0.25) is 0 Å². The Hall–Kier alpha value is -2.36. The first-order valence-corrected chi connectivity index (χ1v) is 9.09. The van der Waals surface area contributed by atoms with Crippen molar-refractivity contribution in [1.82, 2.24) is 4.31 Å². The third-order valence-electron chi connectivity index (χ3n) is 3.84. The molecular weight excluding hydrogens is 322 g/mol. The standard InChI is InChI=1S/C18H21N3O2S/c1-14(2)21(3)24(22,23)18-10-8-17(9-11-18)20-13-16-6-4-15(12-19)5-7-16/h4-11,14,20H,13H2,1-3H3. The van der Waals surface area contributed by atoms with E-state index in [2.05, 4.69) is 11.4 Å². The lowest BCUT2D eigenvalue weighted by molar-refractivity contribution is 0.410. The van der Waals surface area contributed by atoms with Crippen LogP contribution in [0.4, 0.5) is 5.69 Å². The van der Waals surface area contributed by atoms with Crippen LogP contribution < -0.4 is 5.32 Å². The largest absolute Gasteiger partial charge is 0.381 e. The van der Waals surface area contributed by atoms with Gasteiger partial charge in [0, 0.05) is 25.3 Å². The van der Waals surface area contributed by atoms with Crippen molar-refractivity contribution in [2.45, 2.75) is 31.3 Å². The van der Waals surface area contributed by atoms with Gasteiger partial charge in [-0.2, -0.15) is 9.57 Å². The second-order valence-corrected chi connectivity index (χ2v) is 7.80. The van der Waals surface area contributed by atoms with Crippen LogP contribution in [0, 0.1) is 11.3 Å². The highest BCUT2D eigenvalue weighted by Crippen LogP contribution is 2.19. The van der Waals surface area contributed by atoms with Crippen molar-refractivity contribution in [2.24, 2.45) is 0 Å². The molecule has 0 fully saturated rings. The van der Waals surface area contributed by atoms with Crippen LogP contribution in [-0.2, 0) is 16.6 Å². The maximum absolute atomic E-state index is 12.4. The molecule has 1 N–H and O–H groups in total. The van der Waals surface area contributed by atoms with Crippen LogP contribution in [0.1, 0.15) is 25.0 Å². The first-order chi connectivity index (χ1) is 11.3. The van der Waals surface area contributed by atoms with Crippen molar-refractivity contribution in [3.63, 3.8) is 0 Å². The first-order valence-electron chi connectivity index (χ1n) is 7.65. The van der Waals surface area contributed by atoms with E-state index in [0.29, 0.717) is 12.1 Å². The molecule has 0 unspecified atom stereocenters. The molecule has 0 aromatic heterocycles. The number of nitrogens with zero attached hydrogens (tertiary/aromatic N) is 2. The van der Waals surface area contributed by atoms with E-state index in [-0.39, 0.29) is 10.9 Å². The van der Waals surface area contributed by atoms with E-state index in [0.717, 1.165) is 11.3 Å². The molecule has 5 nitrogen and oxygen atoms in total. The van der Waals surface area contributed by atoms with Gasteiger partial charge < -0.3 is 5.32 Å². The molecule has 2 aromatic rings. The van der Waals surface area contributed by atoms with Crippen molar-refractivity contribution in [1.29, 1.82) is 5.26 Å². The average molecular weight is 343 g/mol. The predicted molar refractivity (Wildman–Crippen MR) is 95.0 cm³/mol. The highest BCUT2D eigenvalue weighted by Gasteiger charge is 2.22. The van der Waals surface area contributed by atoms with E-state index in [1.165, 1.54) is 4.31 Å². The molecule has 0 aliphatic carbocycles. The van der Waals surface area contributed by atoms with Crippen LogP contribution in [0.15, 0.2) is 53.4 Å². The molecule has 0 aliphatic heterocycles. The Kier molecular flexibility index (Phi) is 5.60. The minimum absolute atomic E-state index is 0.0933. The van der Waals surface area contributed by atoms with E-state index in [9.17, 15) is 8.42 Å². The number of rotatable bonds is 6. The summed E-state index contributed by atoms with van der Waals surface area (Å²) in [5, 5.41) is 12.0. The fourth-order valence-electron chi connectivity index (χ4n) is 2.09. The molecule has 0 saturated carbocycles. The van der Waals surface area contributed by atoms with Crippen molar-refractivity contribution >= 4 is 15.7 Å². The lowest BCUT2D eigenvalue weighted by Crippen LogP contribution is -2.33. The molecule has 24 heavy (non-hydrogen) atoms. The van der Waals surface area contributed by atoms with Gasteiger partial charge in [0.05, 0.1) is 16.5 Å². The summed E-state index contributed by atoms with van der Waals surface area (Å²) < 4.78 is 26.2. The second-order valence-electron chi connectivity index (χ2n) is 5.80. The fraction of sp³-hybridized carbons (Fsp3) is 0.278. The van der Waals surface area contributed by atoms with Crippen LogP contribution in [0.25, 0.3) is 0 Å². The van der Waals surface area contributed by atoms with Crippen LogP contribution in [0.3, 0.4) is 0 Å². The quantitative estimate of drug-likeness (QED) is 0.874. The first kappa shape index (κ1) is 18.0. The van der Waals surface area contributed by atoms with Crippen molar-refractivity contribution in [3.8, 4) is 6.07 Å². The Morgan fingerprint density at radius 3 is 2.17 bits per heavy atom. The Labute approximate surface area is 143 Å². The Balaban J connectivity index is 2.05. The van der Waals surface area contributed by atoms with Crippen LogP contribution in [-0.4, -0.2) is 25.8 Å². The summed E-state index contributed by atoms with van der Waals surface area (Å²) in [7, 11) is -1.87. The molecular formula is C18H21N3O2S. The van der Waals surface area contributed by atoms with Gasteiger partial charge in [-0.25, -0.2) is 8.42 Å². The molecule has 2 aromatic carbocycles. The normalized spacial score (nSPS) is 11.5. The molecule has 0 bridgehead atoms. The molecule has 0 aliphatic rings. The lowest BCUT2D eigenvalue weighted by Gasteiger charge is -2.21. The Morgan fingerprint density at radius 1 is 1.08 bits per heavy atom. The molecule has 0 amide bonds. The highest BCUT2D eigenvalue weighted by atomic mass is 32.2. The van der Waals surface area contributed by atoms with Gasteiger partial charge in [0.15, 0.2) is 0 Å². The number of anilines is 1. The third kappa shape index (κ3) is 4.13. The molecule has 0 spiro atoms. The van der Waals surface area contributed by atoms with Crippen molar-refractivity contribution in [3.05, 3.63) is 59.7 Å². The van der Waals surface area contributed by atoms with Crippen LogP contribution >= 0.6 is 0 Å². The summed E-state index contributed by atoms with van der Waals surface area (Å²) >= 11 is 0. The molecule has 6 heteroatoms. The number of nitriles is 1. The number of nitrogens with one attached hydrogen (secondary N) is 1. The smallest absolute Gasteiger partial charge is 0.243 e. The molecule has 0 saturated heterocycles. The maximum atomic E-state index is 12.4. The summed E-state index contributed by atoms with van der Waals surface area (Å²) in [5.41, 5.74) is 2.51. The monoisotopic (exact) mass is 343 g/mol. The van der Waals surface area contributed by atoms with Crippen molar-refractivity contribution in [2.75, 3.05) is 12.4 Å². The third-order valence-corrected chi connectivity index (χ3v) is 5.89. The summed E-state index contributed by atoms with van der Waals surface area (Å²) in [4.78, 5) is 0.280. The van der Waals surface area contributed by atoms with Gasteiger partial charge >= 0.3 is 0 Å². The van der Waals surface area contributed by atoms with Gasteiger partial charge in [0.25, 0.3) is 0 Å². The van der Waals surface area contributed by atoms with Gasteiger partial charge in [0.2, 0.25) is 10.0 Å². The number of hydrogen-bond donors (Lipinski definition) is 1. The van der Waals surface area contributed by atoms with Crippen LogP contribution in [0.5, 0.6) is 0 Å². The van der Waals surface area contributed by atoms with Crippen molar-refractivity contribution < 1.29 is 8.42 Å². The number of hydrogen-bond acceptors (Lipinski definition) is 4. The SMILES string of the molecule is CC(C)N(C)S(=O)(=O)c1ccc(NCc2ccc(C#N)cc2)cc1. The van der Waals surface area contributed by atoms with E-state index in [1.54, 1.807) is 43.4 Å². The minimum Gasteiger partial charge on any atom is -0.381 e. The molecule has 126 valence electrons. The van der Waals surface area contributed by atoms with Gasteiger partial charge in [-0.15, -0.1) is 0 Å². The average Bonchev–Trinajstić information content (AvgIpc) is 2.60. The lowest BCUT2D eigenvalue weighted by atomic mass is 10.1. The van der Waals surface area contributed by atoms with E-state index in [4.69, 9.17) is 5.26 Å². The molecule has 0 radical (unpaired) electrons. The predicted octanol–water partition coefficient (Wildman–Crippen LogP) is 3.20. The van der Waals surface area contributed by atoms with E-state index in [1.807, 2.05) is 26.0 Å². The van der Waals surface area contributed by atoms with Gasteiger partial charge in [-0.05, 0) is 55.8 Å². The second kappa shape index (κ2) is 7.47. The molecule has 2 rings (SSSR count).